The Morgan fingerprint density at radius 2 is 1.81 bits per heavy atom. The first-order chi connectivity index (χ1) is 17.2. The third kappa shape index (κ3) is 7.76. The Kier molecular flexibility index (Phi) is 9.83. The van der Waals surface area contributed by atoms with Gasteiger partial charge in [0, 0.05) is 29.7 Å². The van der Waals surface area contributed by atoms with Crippen LogP contribution in [-0.4, -0.2) is 54.4 Å². The highest BCUT2D eigenvalue weighted by molar-refractivity contribution is 7.13. The highest BCUT2D eigenvalue weighted by atomic mass is 35.5. The van der Waals surface area contributed by atoms with E-state index in [2.05, 4.69) is 15.6 Å². The van der Waals surface area contributed by atoms with E-state index in [9.17, 15) is 14.4 Å². The van der Waals surface area contributed by atoms with Crippen LogP contribution in [0.25, 0.3) is 0 Å². The van der Waals surface area contributed by atoms with Gasteiger partial charge in [-0.25, -0.2) is 4.98 Å². The van der Waals surface area contributed by atoms with Gasteiger partial charge in [-0.3, -0.25) is 14.4 Å². The molecule has 1 aromatic heterocycles. The maximum atomic E-state index is 13.0. The number of nitrogens with one attached hydrogen (secondary N) is 2. The van der Waals surface area contributed by atoms with Gasteiger partial charge in [0.2, 0.25) is 11.8 Å². The highest BCUT2D eigenvalue weighted by Crippen LogP contribution is 2.23. The van der Waals surface area contributed by atoms with Crippen molar-refractivity contribution in [2.75, 3.05) is 37.4 Å². The van der Waals surface area contributed by atoms with Gasteiger partial charge in [0.15, 0.2) is 5.13 Å². The lowest BCUT2D eigenvalue weighted by atomic mass is 10.1. The van der Waals surface area contributed by atoms with E-state index in [0.29, 0.717) is 21.5 Å². The molecular weight excluding hydrogens is 523 g/mol. The molecular formula is C25H26Cl2N4O4S. The monoisotopic (exact) mass is 548 g/mol. The minimum atomic E-state index is -0.440. The normalized spacial score (nSPS) is 10.7. The summed E-state index contributed by atoms with van der Waals surface area (Å²) in [5.74, 6) is -1.07. The Labute approximate surface area is 223 Å². The Morgan fingerprint density at radius 3 is 2.50 bits per heavy atom. The standard InChI is InChI=1S/C25H26Cl2N4O4S/c1-15-4-6-18(10-16(15)2)28-22(32)12-19-14-36-25(29-19)30-23(33)13-31(8-9-35-3)24(34)20-7-5-17(26)11-21(20)27/h4-7,10-11,14H,8-9,12-13H2,1-3H3,(H,28,32)(H,29,30,33). The van der Waals surface area contributed by atoms with E-state index in [0.717, 1.165) is 11.1 Å². The summed E-state index contributed by atoms with van der Waals surface area (Å²) in [6.45, 7) is 4.17. The van der Waals surface area contributed by atoms with Crippen LogP contribution in [-0.2, 0) is 20.7 Å². The molecule has 8 nitrogen and oxygen atoms in total. The van der Waals surface area contributed by atoms with Crippen LogP contribution in [0.1, 0.15) is 27.2 Å². The van der Waals surface area contributed by atoms with Gasteiger partial charge in [-0.2, -0.15) is 0 Å². The predicted octanol–water partition coefficient (Wildman–Crippen LogP) is 4.98. The number of thiazole rings is 1. The van der Waals surface area contributed by atoms with Crippen molar-refractivity contribution < 1.29 is 19.1 Å². The summed E-state index contributed by atoms with van der Waals surface area (Å²) in [6.07, 6.45) is 0.0623. The molecule has 36 heavy (non-hydrogen) atoms. The lowest BCUT2D eigenvalue weighted by Crippen LogP contribution is -2.40. The van der Waals surface area contributed by atoms with Crippen LogP contribution < -0.4 is 10.6 Å². The summed E-state index contributed by atoms with van der Waals surface area (Å²) in [5, 5.41) is 8.17. The first-order valence-electron chi connectivity index (χ1n) is 11.0. The first-order valence-corrected chi connectivity index (χ1v) is 12.6. The van der Waals surface area contributed by atoms with Crippen LogP contribution in [0.3, 0.4) is 0 Å². The van der Waals surface area contributed by atoms with Crippen molar-refractivity contribution in [3.63, 3.8) is 0 Å². The fraction of sp³-hybridized carbons (Fsp3) is 0.280. The van der Waals surface area contributed by atoms with Gasteiger partial charge in [-0.15, -0.1) is 11.3 Å². The zero-order valence-corrected chi connectivity index (χ0v) is 22.4. The molecule has 0 unspecified atom stereocenters. The number of carbonyl (C=O) groups excluding carboxylic acids is 3. The summed E-state index contributed by atoms with van der Waals surface area (Å²) >= 11 is 13.3. The number of anilines is 2. The highest BCUT2D eigenvalue weighted by Gasteiger charge is 2.22. The van der Waals surface area contributed by atoms with Crippen LogP contribution in [0, 0.1) is 13.8 Å². The van der Waals surface area contributed by atoms with Crippen molar-refractivity contribution in [2.24, 2.45) is 0 Å². The van der Waals surface area contributed by atoms with E-state index >= 15 is 0 Å². The number of rotatable bonds is 10. The summed E-state index contributed by atoms with van der Waals surface area (Å²) in [6, 6.07) is 10.2. The molecule has 11 heteroatoms. The van der Waals surface area contributed by atoms with Crippen LogP contribution in [0.5, 0.6) is 0 Å². The molecule has 0 aliphatic rings. The van der Waals surface area contributed by atoms with Crippen LogP contribution in [0.4, 0.5) is 10.8 Å². The SMILES string of the molecule is COCCN(CC(=O)Nc1nc(CC(=O)Nc2ccc(C)c(C)c2)cs1)C(=O)c1ccc(Cl)cc1Cl. The van der Waals surface area contributed by atoms with Gasteiger partial charge in [-0.05, 0) is 55.3 Å². The minimum Gasteiger partial charge on any atom is -0.383 e. The van der Waals surface area contributed by atoms with Crippen molar-refractivity contribution >= 4 is 63.1 Å². The zero-order valence-electron chi connectivity index (χ0n) is 20.1. The Morgan fingerprint density at radius 1 is 1.03 bits per heavy atom. The van der Waals surface area contributed by atoms with E-state index in [1.807, 2.05) is 32.0 Å². The van der Waals surface area contributed by atoms with Gasteiger partial charge in [-0.1, -0.05) is 29.3 Å². The predicted molar refractivity (Wildman–Crippen MR) is 143 cm³/mol. The molecule has 2 aromatic carbocycles. The maximum absolute atomic E-state index is 13.0. The quantitative estimate of drug-likeness (QED) is 0.372. The molecule has 190 valence electrons. The molecule has 1 heterocycles. The zero-order chi connectivity index (χ0) is 26.2. The number of carbonyl (C=O) groups is 3. The van der Waals surface area contributed by atoms with E-state index in [-0.39, 0.29) is 42.6 Å². The molecule has 0 saturated heterocycles. The van der Waals surface area contributed by atoms with Crippen LogP contribution in [0.15, 0.2) is 41.8 Å². The second-order valence-corrected chi connectivity index (χ2v) is 9.76. The third-order valence-corrected chi connectivity index (χ3v) is 6.63. The van der Waals surface area contributed by atoms with Gasteiger partial charge in [0.05, 0.1) is 29.3 Å². The van der Waals surface area contributed by atoms with Gasteiger partial charge >= 0.3 is 0 Å². The van der Waals surface area contributed by atoms with Crippen molar-refractivity contribution in [3.05, 3.63) is 74.2 Å². The van der Waals surface area contributed by atoms with Gasteiger partial charge < -0.3 is 20.3 Å². The number of aryl methyl sites for hydroxylation is 2. The van der Waals surface area contributed by atoms with Crippen molar-refractivity contribution in [2.45, 2.75) is 20.3 Å². The first kappa shape index (κ1) is 27.6. The molecule has 0 atom stereocenters. The van der Waals surface area contributed by atoms with E-state index in [4.69, 9.17) is 27.9 Å². The Hall–Kier alpha value is -2.98. The molecule has 3 amide bonds. The number of hydrogen-bond acceptors (Lipinski definition) is 6. The number of methoxy groups -OCH3 is 1. The van der Waals surface area contributed by atoms with Crippen molar-refractivity contribution in [1.29, 1.82) is 0 Å². The molecule has 0 aliphatic heterocycles. The number of hydrogen-bond donors (Lipinski definition) is 2. The number of benzene rings is 2. The molecule has 0 radical (unpaired) electrons. The fourth-order valence-electron chi connectivity index (χ4n) is 3.25. The fourth-order valence-corrected chi connectivity index (χ4v) is 4.47. The maximum Gasteiger partial charge on any atom is 0.255 e. The van der Waals surface area contributed by atoms with E-state index in [1.54, 1.807) is 11.4 Å². The van der Waals surface area contributed by atoms with Crippen molar-refractivity contribution in [1.82, 2.24) is 9.88 Å². The van der Waals surface area contributed by atoms with Gasteiger partial charge in [0.25, 0.3) is 5.91 Å². The molecule has 0 bridgehead atoms. The molecule has 0 saturated carbocycles. The number of ether oxygens (including phenoxy) is 1. The molecule has 0 spiro atoms. The summed E-state index contributed by atoms with van der Waals surface area (Å²) in [4.78, 5) is 43.7. The largest absolute Gasteiger partial charge is 0.383 e. The average Bonchev–Trinajstić information content (AvgIpc) is 3.24. The molecule has 3 rings (SSSR count). The lowest BCUT2D eigenvalue weighted by Gasteiger charge is -2.22. The van der Waals surface area contributed by atoms with Crippen molar-refractivity contribution in [3.8, 4) is 0 Å². The minimum absolute atomic E-state index is 0.0623. The van der Waals surface area contributed by atoms with E-state index < -0.39 is 11.8 Å². The number of halogens is 2. The number of nitrogens with zero attached hydrogens (tertiary/aromatic N) is 2. The molecule has 0 fully saturated rings. The number of aromatic nitrogens is 1. The Balaban J connectivity index is 1.59. The topological polar surface area (TPSA) is 101 Å². The van der Waals surface area contributed by atoms with Crippen LogP contribution >= 0.6 is 34.5 Å². The second-order valence-electron chi connectivity index (χ2n) is 8.06. The third-order valence-electron chi connectivity index (χ3n) is 5.28. The second kappa shape index (κ2) is 12.8. The van der Waals surface area contributed by atoms with E-state index in [1.165, 1.54) is 35.5 Å². The molecule has 3 aromatic rings. The summed E-state index contributed by atoms with van der Waals surface area (Å²) in [7, 11) is 1.51. The van der Waals surface area contributed by atoms with Crippen LogP contribution in [0.2, 0.25) is 10.0 Å². The Bertz CT molecular complexity index is 1260. The van der Waals surface area contributed by atoms with Gasteiger partial charge in [0.1, 0.15) is 6.54 Å². The molecule has 2 N–H and O–H groups in total. The summed E-state index contributed by atoms with van der Waals surface area (Å²) in [5.41, 5.74) is 3.70. The molecule has 0 aliphatic carbocycles. The lowest BCUT2D eigenvalue weighted by molar-refractivity contribution is -0.117. The summed E-state index contributed by atoms with van der Waals surface area (Å²) < 4.78 is 5.07. The average molecular weight is 549 g/mol. The number of amides is 3. The smallest absolute Gasteiger partial charge is 0.255 e.